The van der Waals surface area contributed by atoms with Gasteiger partial charge in [0.05, 0.1) is 18.8 Å². The van der Waals surface area contributed by atoms with E-state index in [0.717, 1.165) is 44.9 Å². The number of amides is 1. The van der Waals surface area contributed by atoms with Crippen LogP contribution in [0.15, 0.2) is 60.8 Å². The Labute approximate surface area is 438 Å². The van der Waals surface area contributed by atoms with Gasteiger partial charge in [0.25, 0.3) is 0 Å². The van der Waals surface area contributed by atoms with Crippen LogP contribution in [0.25, 0.3) is 0 Å². The monoisotopic (exact) mass is 978 g/mol. The summed E-state index contributed by atoms with van der Waals surface area (Å²) < 4.78 is 0. The lowest BCUT2D eigenvalue weighted by atomic mass is 10.0. The molecule has 0 saturated heterocycles. The van der Waals surface area contributed by atoms with Gasteiger partial charge >= 0.3 is 0 Å². The molecule has 3 N–H and O–H groups in total. The van der Waals surface area contributed by atoms with Gasteiger partial charge in [0.1, 0.15) is 0 Å². The van der Waals surface area contributed by atoms with Crippen LogP contribution in [-0.4, -0.2) is 34.9 Å². The molecule has 0 aromatic carbocycles. The number of nitrogens with one attached hydrogen (secondary N) is 1. The summed E-state index contributed by atoms with van der Waals surface area (Å²) >= 11 is 0. The number of carbonyl (C=O) groups excluding carboxylic acids is 1. The van der Waals surface area contributed by atoms with Crippen LogP contribution in [0, 0.1) is 0 Å². The predicted octanol–water partition coefficient (Wildman–Crippen LogP) is 21.2. The molecule has 0 aliphatic carbocycles. The van der Waals surface area contributed by atoms with Crippen molar-refractivity contribution < 1.29 is 15.0 Å². The van der Waals surface area contributed by atoms with Gasteiger partial charge in [-0.15, -0.1) is 0 Å². The first-order chi connectivity index (χ1) is 34.7. The third-order valence-electron chi connectivity index (χ3n) is 14.5. The van der Waals surface area contributed by atoms with E-state index in [1.54, 1.807) is 6.08 Å². The quantitative estimate of drug-likeness (QED) is 0.0420. The van der Waals surface area contributed by atoms with E-state index in [0.29, 0.717) is 6.42 Å². The van der Waals surface area contributed by atoms with Crippen LogP contribution in [0.4, 0.5) is 0 Å². The topological polar surface area (TPSA) is 69.6 Å². The zero-order chi connectivity index (χ0) is 50.6. The molecule has 0 fully saturated rings. The third kappa shape index (κ3) is 57.0. The molecule has 0 heterocycles. The normalized spacial score (nSPS) is 13.1. The Hall–Kier alpha value is -1.91. The summed E-state index contributed by atoms with van der Waals surface area (Å²) in [7, 11) is 0. The van der Waals surface area contributed by atoms with Gasteiger partial charge in [-0.25, -0.2) is 0 Å². The minimum Gasteiger partial charge on any atom is -0.394 e. The number of allylic oxidation sites excluding steroid dienone is 9. The van der Waals surface area contributed by atoms with Crippen molar-refractivity contribution in [1.29, 1.82) is 0 Å². The number of hydrogen-bond acceptors (Lipinski definition) is 3. The summed E-state index contributed by atoms with van der Waals surface area (Å²) in [6.45, 7) is 4.32. The molecule has 0 spiro atoms. The van der Waals surface area contributed by atoms with Crippen molar-refractivity contribution in [3.63, 3.8) is 0 Å². The minimum absolute atomic E-state index is 0.0743. The van der Waals surface area contributed by atoms with Crippen LogP contribution < -0.4 is 5.32 Å². The van der Waals surface area contributed by atoms with Crippen LogP contribution in [0.3, 0.4) is 0 Å². The number of rotatable bonds is 58. The fraction of sp³-hybridized carbons (Fsp3) is 0.833. The second kappa shape index (κ2) is 61.4. The van der Waals surface area contributed by atoms with Crippen LogP contribution in [-0.2, 0) is 4.79 Å². The lowest BCUT2D eigenvalue weighted by Crippen LogP contribution is -2.45. The molecule has 0 aliphatic heterocycles. The number of unbranched alkanes of at least 4 members (excludes halogenated alkanes) is 43. The van der Waals surface area contributed by atoms with E-state index in [9.17, 15) is 15.0 Å². The van der Waals surface area contributed by atoms with E-state index in [1.807, 2.05) is 6.08 Å². The van der Waals surface area contributed by atoms with E-state index in [1.165, 1.54) is 270 Å². The molecule has 0 bridgehead atoms. The summed E-state index contributed by atoms with van der Waals surface area (Å²) in [5.74, 6) is -0.0743. The summed E-state index contributed by atoms with van der Waals surface area (Å²) in [6.07, 6.45) is 87.1. The van der Waals surface area contributed by atoms with Gasteiger partial charge in [0.2, 0.25) is 5.91 Å². The molecular weight excluding hydrogens is 855 g/mol. The molecule has 2 atom stereocenters. The van der Waals surface area contributed by atoms with E-state index >= 15 is 0 Å². The molecule has 70 heavy (non-hydrogen) atoms. The highest BCUT2D eigenvalue weighted by Crippen LogP contribution is 2.17. The molecular formula is C66H123NO3. The van der Waals surface area contributed by atoms with E-state index in [4.69, 9.17) is 0 Å². The van der Waals surface area contributed by atoms with Crippen molar-refractivity contribution >= 4 is 5.91 Å². The highest BCUT2D eigenvalue weighted by atomic mass is 16.3. The van der Waals surface area contributed by atoms with Crippen molar-refractivity contribution in [2.24, 2.45) is 0 Å². The number of hydrogen-bond donors (Lipinski definition) is 3. The molecule has 0 aromatic rings. The average Bonchev–Trinajstić information content (AvgIpc) is 3.36. The lowest BCUT2D eigenvalue weighted by molar-refractivity contribution is -0.123. The second-order valence-corrected chi connectivity index (χ2v) is 21.5. The zero-order valence-corrected chi connectivity index (χ0v) is 47.3. The third-order valence-corrected chi connectivity index (χ3v) is 14.5. The van der Waals surface area contributed by atoms with Crippen molar-refractivity contribution in [3.8, 4) is 0 Å². The fourth-order valence-corrected chi connectivity index (χ4v) is 9.66. The number of aliphatic hydroxyl groups is 2. The minimum atomic E-state index is -0.873. The van der Waals surface area contributed by atoms with E-state index in [2.05, 4.69) is 67.8 Å². The van der Waals surface area contributed by atoms with Gasteiger partial charge in [-0.2, -0.15) is 0 Å². The van der Waals surface area contributed by atoms with Gasteiger partial charge in [-0.1, -0.05) is 312 Å². The van der Waals surface area contributed by atoms with Crippen molar-refractivity contribution in [1.82, 2.24) is 5.32 Å². The highest BCUT2D eigenvalue weighted by molar-refractivity contribution is 5.76. The zero-order valence-electron chi connectivity index (χ0n) is 47.3. The Bertz CT molecular complexity index is 1150. The van der Waals surface area contributed by atoms with Crippen LogP contribution in [0.1, 0.15) is 335 Å². The lowest BCUT2D eigenvalue weighted by Gasteiger charge is -2.19. The van der Waals surface area contributed by atoms with Crippen molar-refractivity contribution in [3.05, 3.63) is 60.8 Å². The molecule has 1 amide bonds. The van der Waals surface area contributed by atoms with E-state index in [-0.39, 0.29) is 12.5 Å². The molecule has 410 valence electrons. The molecule has 0 radical (unpaired) electrons. The first kappa shape index (κ1) is 68.1. The van der Waals surface area contributed by atoms with Gasteiger partial charge in [0.15, 0.2) is 0 Å². The maximum Gasteiger partial charge on any atom is 0.220 e. The standard InChI is InChI=1S/C66H123NO3/c1-3-5-7-9-11-13-15-17-19-21-23-25-27-28-29-30-31-32-33-34-35-36-37-38-40-42-44-46-48-50-52-54-56-58-60-62-66(70)67-64(63-68)65(69)61-59-57-55-53-51-49-47-45-43-41-39-26-24-22-20-18-16-14-12-10-8-6-4-2/h27-28,30-31,43,45,51,53,59,61,64-65,68-69H,3-26,29,32-42,44,46-50,52,54-58,60,62-63H2,1-2H3,(H,67,70)/b28-27-,31-30-,45-43+,53-51+,61-59+. The molecule has 4 nitrogen and oxygen atoms in total. The van der Waals surface area contributed by atoms with Crippen LogP contribution in [0.2, 0.25) is 0 Å². The number of aliphatic hydroxyl groups excluding tert-OH is 2. The molecule has 0 saturated carbocycles. The Morgan fingerprint density at radius 2 is 0.600 bits per heavy atom. The molecule has 0 aliphatic rings. The summed E-state index contributed by atoms with van der Waals surface area (Å²) in [6, 6.07) is -0.648. The average molecular weight is 979 g/mol. The van der Waals surface area contributed by atoms with E-state index < -0.39 is 12.1 Å². The first-order valence-corrected chi connectivity index (χ1v) is 31.5. The Morgan fingerprint density at radius 1 is 0.343 bits per heavy atom. The molecule has 4 heteroatoms. The van der Waals surface area contributed by atoms with Gasteiger partial charge < -0.3 is 15.5 Å². The van der Waals surface area contributed by atoms with Crippen LogP contribution >= 0.6 is 0 Å². The summed E-state index contributed by atoms with van der Waals surface area (Å²) in [5.41, 5.74) is 0. The first-order valence-electron chi connectivity index (χ1n) is 31.5. The van der Waals surface area contributed by atoms with Gasteiger partial charge in [-0.3, -0.25) is 4.79 Å². The van der Waals surface area contributed by atoms with Crippen molar-refractivity contribution in [2.45, 2.75) is 347 Å². The Kier molecular flexibility index (Phi) is 59.7. The van der Waals surface area contributed by atoms with Gasteiger partial charge in [-0.05, 0) is 77.0 Å². The Morgan fingerprint density at radius 3 is 0.914 bits per heavy atom. The Balaban J connectivity index is 3.50. The summed E-state index contributed by atoms with van der Waals surface area (Å²) in [4.78, 5) is 12.5. The fourth-order valence-electron chi connectivity index (χ4n) is 9.66. The maximum absolute atomic E-state index is 12.5. The number of carbonyl (C=O) groups is 1. The predicted molar refractivity (Wildman–Crippen MR) is 313 cm³/mol. The largest absolute Gasteiger partial charge is 0.394 e. The second-order valence-electron chi connectivity index (χ2n) is 21.5. The highest BCUT2D eigenvalue weighted by Gasteiger charge is 2.18. The van der Waals surface area contributed by atoms with Gasteiger partial charge in [0, 0.05) is 6.42 Å². The molecule has 0 aromatic heterocycles. The maximum atomic E-state index is 12.5. The van der Waals surface area contributed by atoms with Crippen LogP contribution in [0.5, 0.6) is 0 Å². The molecule has 2 unspecified atom stereocenters. The summed E-state index contributed by atoms with van der Waals surface area (Å²) in [5, 5.41) is 23.2. The SMILES string of the molecule is CCCCCCCCCCCCC/C=C\C/C=C\CCCCCCCCCCCCCCCCCCCC(=O)NC(CO)C(O)/C=C/CC/C=C/CC/C=C/CCCCCCCCCCCCCCC. The smallest absolute Gasteiger partial charge is 0.220 e. The molecule has 0 rings (SSSR count). The van der Waals surface area contributed by atoms with Crippen molar-refractivity contribution in [2.75, 3.05) is 6.61 Å².